The average molecular weight is 430 g/mol. The summed E-state index contributed by atoms with van der Waals surface area (Å²) in [6.45, 7) is 8.36. The Morgan fingerprint density at radius 3 is 2.63 bits per heavy atom. The largest absolute Gasteiger partial charge is 0.383 e. The summed E-state index contributed by atoms with van der Waals surface area (Å²) in [7, 11) is 1.71. The van der Waals surface area contributed by atoms with E-state index in [2.05, 4.69) is 69.6 Å². The van der Waals surface area contributed by atoms with Gasteiger partial charge in [-0.05, 0) is 62.0 Å². The predicted octanol–water partition coefficient (Wildman–Crippen LogP) is 3.70. The van der Waals surface area contributed by atoms with Gasteiger partial charge in [0.05, 0.1) is 19.2 Å². The maximum Gasteiger partial charge on any atom is 0.191 e. The van der Waals surface area contributed by atoms with Crippen LogP contribution in [-0.4, -0.2) is 57.3 Å². The molecule has 1 fully saturated rings. The van der Waals surface area contributed by atoms with E-state index in [4.69, 9.17) is 9.73 Å². The third-order valence-electron chi connectivity index (χ3n) is 5.27. The van der Waals surface area contributed by atoms with E-state index in [1.165, 1.54) is 36.4 Å². The Kier molecular flexibility index (Phi) is 9.47. The second kappa shape index (κ2) is 12.6. The molecule has 2 aromatic rings. The van der Waals surface area contributed by atoms with Crippen LogP contribution in [0.5, 0.6) is 0 Å². The van der Waals surface area contributed by atoms with Crippen LogP contribution in [0, 0.1) is 0 Å². The summed E-state index contributed by atoms with van der Waals surface area (Å²) in [6, 6.07) is 13.3. The van der Waals surface area contributed by atoms with Crippen molar-refractivity contribution in [3.05, 3.63) is 52.2 Å². The van der Waals surface area contributed by atoms with E-state index in [1.807, 2.05) is 11.3 Å². The number of methoxy groups -OCH3 is 1. The first kappa shape index (κ1) is 22.6. The Hall–Kier alpha value is -2.09. The number of nitrogens with one attached hydrogen (secondary N) is 3. The number of anilines is 1. The van der Waals surface area contributed by atoms with Crippen LogP contribution in [0.15, 0.2) is 46.8 Å². The number of thiophene rings is 1. The first-order chi connectivity index (χ1) is 14.8. The van der Waals surface area contributed by atoms with Crippen LogP contribution < -0.4 is 16.0 Å². The molecule has 0 aliphatic carbocycles. The highest BCUT2D eigenvalue weighted by molar-refractivity contribution is 7.10. The summed E-state index contributed by atoms with van der Waals surface area (Å²) in [5.41, 5.74) is 2.30. The van der Waals surface area contributed by atoms with Crippen molar-refractivity contribution in [2.45, 2.75) is 32.4 Å². The van der Waals surface area contributed by atoms with Gasteiger partial charge >= 0.3 is 0 Å². The van der Waals surface area contributed by atoms with E-state index >= 15 is 0 Å². The van der Waals surface area contributed by atoms with E-state index in [0.717, 1.165) is 31.3 Å². The second-order valence-electron chi connectivity index (χ2n) is 7.47. The van der Waals surface area contributed by atoms with Crippen LogP contribution in [-0.2, 0) is 11.3 Å². The summed E-state index contributed by atoms with van der Waals surface area (Å²) in [6.07, 6.45) is 2.60. The molecule has 1 aromatic heterocycles. The van der Waals surface area contributed by atoms with Gasteiger partial charge in [-0.2, -0.15) is 0 Å². The first-order valence-corrected chi connectivity index (χ1v) is 11.8. The minimum atomic E-state index is 0.411. The molecular weight excluding hydrogens is 394 g/mol. The zero-order valence-corrected chi connectivity index (χ0v) is 19.0. The minimum Gasteiger partial charge on any atom is -0.383 e. The normalized spacial score (nSPS) is 15.9. The van der Waals surface area contributed by atoms with E-state index in [0.29, 0.717) is 19.2 Å². The van der Waals surface area contributed by atoms with Crippen molar-refractivity contribution in [2.24, 2.45) is 4.99 Å². The van der Waals surface area contributed by atoms with Crippen molar-refractivity contribution in [2.75, 3.05) is 51.8 Å². The molecule has 7 heteroatoms. The van der Waals surface area contributed by atoms with E-state index in [-0.39, 0.29) is 0 Å². The van der Waals surface area contributed by atoms with Crippen molar-refractivity contribution < 1.29 is 4.74 Å². The Morgan fingerprint density at radius 1 is 1.17 bits per heavy atom. The number of benzene rings is 1. The number of guanidine groups is 1. The molecule has 1 saturated heterocycles. The van der Waals surface area contributed by atoms with Gasteiger partial charge in [0, 0.05) is 37.3 Å². The number of ether oxygens (including phenoxy) is 1. The molecule has 1 aromatic carbocycles. The first-order valence-electron chi connectivity index (χ1n) is 10.9. The van der Waals surface area contributed by atoms with Crippen LogP contribution >= 0.6 is 11.3 Å². The molecule has 2 heterocycles. The Bertz CT molecular complexity index is 741. The number of likely N-dealkylation sites (tertiary alicyclic amines) is 1. The highest BCUT2D eigenvalue weighted by Crippen LogP contribution is 2.27. The molecule has 0 saturated carbocycles. The highest BCUT2D eigenvalue weighted by atomic mass is 32.1. The molecule has 0 spiro atoms. The molecule has 164 valence electrons. The minimum absolute atomic E-state index is 0.411. The Balaban J connectivity index is 1.57. The Labute approximate surface area is 184 Å². The van der Waals surface area contributed by atoms with Crippen molar-refractivity contribution in [1.29, 1.82) is 0 Å². The lowest BCUT2D eigenvalue weighted by Crippen LogP contribution is -2.42. The summed E-state index contributed by atoms with van der Waals surface area (Å²) in [4.78, 5) is 8.83. The lowest BCUT2D eigenvalue weighted by molar-refractivity contribution is 0.211. The molecule has 3 rings (SSSR count). The summed E-state index contributed by atoms with van der Waals surface area (Å²) in [5.74, 6) is 0.876. The summed E-state index contributed by atoms with van der Waals surface area (Å²) >= 11 is 1.85. The zero-order chi connectivity index (χ0) is 21.0. The predicted molar refractivity (Wildman–Crippen MR) is 127 cm³/mol. The van der Waals surface area contributed by atoms with Gasteiger partial charge in [0.15, 0.2) is 5.96 Å². The fraction of sp³-hybridized carbons (Fsp3) is 0.522. The number of rotatable bonds is 11. The van der Waals surface area contributed by atoms with Crippen LogP contribution in [0.1, 0.15) is 36.2 Å². The van der Waals surface area contributed by atoms with E-state index < -0.39 is 0 Å². The maximum atomic E-state index is 5.07. The quantitative estimate of drug-likeness (QED) is 0.289. The van der Waals surface area contributed by atoms with Crippen molar-refractivity contribution in [1.82, 2.24) is 15.5 Å². The number of aliphatic imine (C=N–C) groups is 1. The van der Waals surface area contributed by atoms with Crippen LogP contribution in [0.25, 0.3) is 0 Å². The molecule has 6 nitrogen and oxygen atoms in total. The molecule has 0 bridgehead atoms. The van der Waals surface area contributed by atoms with Crippen LogP contribution in [0.4, 0.5) is 5.69 Å². The molecule has 1 atom stereocenters. The summed E-state index contributed by atoms with van der Waals surface area (Å²) in [5, 5.41) is 12.5. The van der Waals surface area contributed by atoms with Crippen molar-refractivity contribution in [3.63, 3.8) is 0 Å². The second-order valence-corrected chi connectivity index (χ2v) is 8.45. The lowest BCUT2D eigenvalue weighted by Gasteiger charge is -2.27. The van der Waals surface area contributed by atoms with E-state index in [9.17, 15) is 0 Å². The standard InChI is InChI=1S/C23H35N5OS/c1-3-24-23(26-17-19-8-10-20(11-9-19)25-12-15-29-2)27-18-21(22-7-6-16-30-22)28-13-4-5-14-28/h6-11,16,21,25H,3-5,12-15,17-18H2,1-2H3,(H2,24,26,27). The van der Waals surface area contributed by atoms with Crippen LogP contribution in [0.3, 0.4) is 0 Å². The van der Waals surface area contributed by atoms with Crippen molar-refractivity contribution >= 4 is 23.0 Å². The molecule has 3 N–H and O–H groups in total. The van der Waals surface area contributed by atoms with E-state index in [1.54, 1.807) is 7.11 Å². The zero-order valence-electron chi connectivity index (χ0n) is 18.2. The third-order valence-corrected chi connectivity index (χ3v) is 6.24. The fourth-order valence-corrected chi connectivity index (χ4v) is 4.54. The molecule has 0 amide bonds. The third kappa shape index (κ3) is 7.00. The van der Waals surface area contributed by atoms with Gasteiger partial charge in [0.25, 0.3) is 0 Å². The molecule has 0 radical (unpaired) electrons. The smallest absolute Gasteiger partial charge is 0.191 e. The number of nitrogens with zero attached hydrogens (tertiary/aromatic N) is 2. The molecule has 1 aliphatic heterocycles. The molecule has 1 aliphatic rings. The Morgan fingerprint density at radius 2 is 1.97 bits per heavy atom. The number of hydrogen-bond donors (Lipinski definition) is 3. The number of hydrogen-bond acceptors (Lipinski definition) is 5. The van der Waals surface area contributed by atoms with Gasteiger partial charge in [-0.1, -0.05) is 18.2 Å². The van der Waals surface area contributed by atoms with Gasteiger partial charge in [0.1, 0.15) is 0 Å². The maximum absolute atomic E-state index is 5.07. The highest BCUT2D eigenvalue weighted by Gasteiger charge is 2.24. The lowest BCUT2D eigenvalue weighted by atomic mass is 10.2. The molecule has 1 unspecified atom stereocenters. The topological polar surface area (TPSA) is 60.9 Å². The SMILES string of the molecule is CCNC(=NCc1ccc(NCCOC)cc1)NCC(c1cccs1)N1CCCC1. The summed E-state index contributed by atoms with van der Waals surface area (Å²) < 4.78 is 5.07. The monoisotopic (exact) mass is 429 g/mol. The van der Waals surface area contributed by atoms with Gasteiger partial charge in [-0.3, -0.25) is 4.90 Å². The molecular formula is C23H35N5OS. The van der Waals surface area contributed by atoms with Gasteiger partial charge in [-0.15, -0.1) is 11.3 Å². The van der Waals surface area contributed by atoms with Gasteiger partial charge in [-0.25, -0.2) is 4.99 Å². The van der Waals surface area contributed by atoms with Gasteiger partial charge < -0.3 is 20.7 Å². The van der Waals surface area contributed by atoms with Crippen molar-refractivity contribution in [3.8, 4) is 0 Å². The average Bonchev–Trinajstić information content (AvgIpc) is 3.48. The fourth-order valence-electron chi connectivity index (χ4n) is 3.67. The van der Waals surface area contributed by atoms with Crippen LogP contribution in [0.2, 0.25) is 0 Å². The molecule has 30 heavy (non-hydrogen) atoms. The van der Waals surface area contributed by atoms with Gasteiger partial charge in [0.2, 0.25) is 0 Å².